The number of hydrogen-bond acceptors (Lipinski definition) is 6. The van der Waals surface area contributed by atoms with Crippen LogP contribution in [0.25, 0.3) is 5.52 Å². The Morgan fingerprint density at radius 3 is 2.47 bits per heavy atom. The van der Waals surface area contributed by atoms with Crippen molar-refractivity contribution >= 4 is 22.5 Å². The van der Waals surface area contributed by atoms with Crippen molar-refractivity contribution < 1.29 is 18.4 Å². The fraction of sp³-hybridized carbons (Fsp3) is 0.200. The fourth-order valence-corrected chi connectivity index (χ4v) is 4.26. The Balaban J connectivity index is 1.70. The number of nitrogens with one attached hydrogen (secondary N) is 1. The van der Waals surface area contributed by atoms with E-state index in [9.17, 15) is 4.21 Å². The molecule has 0 spiro atoms. The lowest BCUT2D eigenvalue weighted by molar-refractivity contribution is 0.375. The summed E-state index contributed by atoms with van der Waals surface area (Å²) in [5, 5.41) is 4.24. The van der Waals surface area contributed by atoms with E-state index in [1.165, 1.54) is 14.2 Å². The molecule has 4 aromatic rings. The van der Waals surface area contributed by atoms with Gasteiger partial charge in [0.2, 0.25) is 11.8 Å². The van der Waals surface area contributed by atoms with Gasteiger partial charge in [0.05, 0.1) is 39.6 Å². The number of benzene rings is 1. The number of rotatable bonds is 8. The summed E-state index contributed by atoms with van der Waals surface area (Å²) < 4.78 is 35.9. The molecule has 0 bridgehead atoms. The highest BCUT2D eigenvalue weighted by atomic mass is 32.2. The molecule has 0 aliphatic carbocycles. The Kier molecular flexibility index (Phi) is 5.57. The van der Waals surface area contributed by atoms with E-state index >= 15 is 0 Å². The molecule has 10 heteroatoms. The van der Waals surface area contributed by atoms with Crippen molar-refractivity contribution in [3.8, 4) is 17.4 Å². The number of nitrogens with zero attached hydrogens (tertiary/aromatic N) is 4. The summed E-state index contributed by atoms with van der Waals surface area (Å²) in [7, 11) is 2.93. The first-order valence-electron chi connectivity index (χ1n) is 9.05. The van der Waals surface area contributed by atoms with Gasteiger partial charge in [0.25, 0.3) is 0 Å². The number of anilines is 1. The van der Waals surface area contributed by atoms with Crippen molar-refractivity contribution in [2.75, 3.05) is 26.1 Å². The maximum Gasteiger partial charge on any atom is 0.222 e. The summed E-state index contributed by atoms with van der Waals surface area (Å²) in [4.78, 5) is 4.79. The molecule has 30 heavy (non-hydrogen) atoms. The second-order valence-corrected chi connectivity index (χ2v) is 7.46. The quantitative estimate of drug-likeness (QED) is 0.465. The van der Waals surface area contributed by atoms with Crippen LogP contribution in [0, 0.1) is 0 Å². The number of hydrogen-bond donors (Lipinski definition) is 1. The van der Waals surface area contributed by atoms with E-state index in [2.05, 4.69) is 14.8 Å². The summed E-state index contributed by atoms with van der Waals surface area (Å²) in [5.41, 5.74) is 1.80. The predicted octanol–water partition coefficient (Wildman–Crippen LogP) is 2.74. The number of ether oxygens (including phenoxy) is 3. The van der Waals surface area contributed by atoms with E-state index in [1.807, 2.05) is 29.1 Å². The van der Waals surface area contributed by atoms with Crippen LogP contribution in [-0.2, 0) is 17.5 Å². The Labute approximate surface area is 175 Å². The molecule has 1 N–H and O–H groups in total. The molecule has 0 saturated heterocycles. The highest BCUT2D eigenvalue weighted by Gasteiger charge is 2.20. The maximum absolute atomic E-state index is 13.1. The average molecular weight is 427 g/mol. The summed E-state index contributed by atoms with van der Waals surface area (Å²) >= 11 is 0. The molecule has 0 saturated carbocycles. The van der Waals surface area contributed by atoms with Crippen LogP contribution in [0.5, 0.6) is 17.4 Å². The second-order valence-electron chi connectivity index (χ2n) is 6.31. The molecular formula is C20H21N5O4S. The first-order chi connectivity index (χ1) is 14.6. The summed E-state index contributed by atoms with van der Waals surface area (Å²) in [6.07, 6.45) is 5.32. The second kappa shape index (κ2) is 8.46. The van der Waals surface area contributed by atoms with Crippen molar-refractivity contribution in [2.45, 2.75) is 11.4 Å². The van der Waals surface area contributed by atoms with Gasteiger partial charge < -0.3 is 14.2 Å². The molecular weight excluding hydrogens is 406 g/mol. The Bertz CT molecular complexity index is 1170. The summed E-state index contributed by atoms with van der Waals surface area (Å²) in [6.45, 7) is 0.595. The Morgan fingerprint density at radius 2 is 1.83 bits per heavy atom. The average Bonchev–Trinajstić information content (AvgIpc) is 3.42. The van der Waals surface area contributed by atoms with Crippen molar-refractivity contribution in [1.29, 1.82) is 0 Å². The molecule has 1 aromatic carbocycles. The molecule has 0 aliphatic rings. The third-order valence-electron chi connectivity index (χ3n) is 4.52. The zero-order valence-corrected chi connectivity index (χ0v) is 17.5. The van der Waals surface area contributed by atoms with Crippen LogP contribution in [0.2, 0.25) is 0 Å². The number of fused-ring (bicyclic) bond motifs is 1. The molecule has 1 atom stereocenters. The van der Waals surface area contributed by atoms with E-state index in [0.717, 1.165) is 11.1 Å². The largest absolute Gasteiger partial charge is 0.495 e. The van der Waals surface area contributed by atoms with Gasteiger partial charge in [-0.15, -0.1) is 0 Å². The monoisotopic (exact) mass is 427 g/mol. The number of aromatic nitrogens is 4. The molecule has 0 amide bonds. The molecule has 0 aliphatic heterocycles. The topological polar surface area (TPSA) is 91.9 Å². The SMILES string of the molecule is COc1cccc(OC)c1S(=O)Nc1ncc2cc(Cn3cccn3)cc(OC)n12. The normalized spacial score (nSPS) is 12.0. The summed E-state index contributed by atoms with van der Waals surface area (Å²) in [5.74, 6) is 1.83. The van der Waals surface area contributed by atoms with E-state index in [4.69, 9.17) is 14.2 Å². The van der Waals surface area contributed by atoms with Crippen molar-refractivity contribution in [3.05, 3.63) is 60.6 Å². The van der Waals surface area contributed by atoms with E-state index in [1.54, 1.807) is 42.1 Å². The van der Waals surface area contributed by atoms with Gasteiger partial charge in [-0.2, -0.15) is 5.10 Å². The maximum atomic E-state index is 13.1. The van der Waals surface area contributed by atoms with Crippen LogP contribution in [-0.4, -0.2) is 44.7 Å². The van der Waals surface area contributed by atoms with Crippen molar-refractivity contribution in [2.24, 2.45) is 0 Å². The molecule has 1 unspecified atom stereocenters. The molecule has 3 heterocycles. The van der Waals surface area contributed by atoms with Crippen LogP contribution in [0.15, 0.2) is 59.9 Å². The van der Waals surface area contributed by atoms with Gasteiger partial charge in [0.1, 0.15) is 16.4 Å². The van der Waals surface area contributed by atoms with Gasteiger partial charge in [-0.25, -0.2) is 13.6 Å². The number of pyridine rings is 1. The lowest BCUT2D eigenvalue weighted by Gasteiger charge is -2.14. The lowest BCUT2D eigenvalue weighted by Crippen LogP contribution is -2.11. The minimum absolute atomic E-state index is 0.374. The van der Waals surface area contributed by atoms with E-state index in [-0.39, 0.29) is 0 Å². The van der Waals surface area contributed by atoms with Crippen LogP contribution in [0.4, 0.5) is 5.95 Å². The van der Waals surface area contributed by atoms with E-state index < -0.39 is 11.0 Å². The first-order valence-corrected chi connectivity index (χ1v) is 10.2. The highest BCUT2D eigenvalue weighted by Crippen LogP contribution is 2.32. The van der Waals surface area contributed by atoms with E-state index in [0.29, 0.717) is 34.8 Å². The molecule has 0 radical (unpaired) electrons. The zero-order chi connectivity index (χ0) is 21.1. The third kappa shape index (κ3) is 3.69. The van der Waals surface area contributed by atoms with Crippen LogP contribution in [0.3, 0.4) is 0 Å². The van der Waals surface area contributed by atoms with Crippen LogP contribution < -0.4 is 18.9 Å². The van der Waals surface area contributed by atoms with Gasteiger partial charge >= 0.3 is 0 Å². The lowest BCUT2D eigenvalue weighted by atomic mass is 10.2. The molecule has 3 aromatic heterocycles. The Morgan fingerprint density at radius 1 is 1.07 bits per heavy atom. The zero-order valence-electron chi connectivity index (χ0n) is 16.7. The number of methoxy groups -OCH3 is 3. The van der Waals surface area contributed by atoms with Gasteiger partial charge in [-0.3, -0.25) is 9.40 Å². The fourth-order valence-electron chi connectivity index (χ4n) is 3.18. The predicted molar refractivity (Wildman–Crippen MR) is 113 cm³/mol. The Hall–Kier alpha value is -3.53. The minimum atomic E-state index is -1.69. The van der Waals surface area contributed by atoms with Gasteiger partial charge in [-0.1, -0.05) is 6.07 Å². The van der Waals surface area contributed by atoms with Crippen molar-refractivity contribution in [3.63, 3.8) is 0 Å². The molecule has 156 valence electrons. The highest BCUT2D eigenvalue weighted by molar-refractivity contribution is 7.86. The van der Waals surface area contributed by atoms with Gasteiger partial charge in [-0.05, 0) is 29.8 Å². The van der Waals surface area contributed by atoms with Gasteiger partial charge in [0.15, 0.2) is 11.0 Å². The van der Waals surface area contributed by atoms with Crippen molar-refractivity contribution in [1.82, 2.24) is 19.2 Å². The molecule has 9 nitrogen and oxygen atoms in total. The third-order valence-corrected chi connectivity index (χ3v) is 5.66. The van der Waals surface area contributed by atoms with Crippen LogP contribution in [0.1, 0.15) is 5.56 Å². The number of imidazole rings is 1. The molecule has 4 rings (SSSR count). The standard InChI is InChI=1S/C20H21N5O4S/c1-27-16-6-4-7-17(28-2)19(16)30(26)23-20-21-12-15-10-14(11-18(29-3)25(15)20)13-24-9-5-8-22-24/h4-12H,13H2,1-3H3,(H,21,23). The van der Waals surface area contributed by atoms with Gasteiger partial charge in [0, 0.05) is 18.5 Å². The minimum Gasteiger partial charge on any atom is -0.495 e. The molecule has 0 fully saturated rings. The summed E-state index contributed by atoms with van der Waals surface area (Å²) in [6, 6.07) is 11.0. The first kappa shape index (κ1) is 19.8. The smallest absolute Gasteiger partial charge is 0.222 e. The van der Waals surface area contributed by atoms with Crippen LogP contribution >= 0.6 is 0 Å².